The van der Waals surface area contributed by atoms with Gasteiger partial charge in [0.05, 0.1) is 5.56 Å². The molecule has 7 nitrogen and oxygen atoms in total. The van der Waals surface area contributed by atoms with Crippen LogP contribution in [0.3, 0.4) is 0 Å². The molecule has 1 amide bonds. The highest BCUT2D eigenvalue weighted by Gasteiger charge is 2.49. The van der Waals surface area contributed by atoms with Crippen LogP contribution in [-0.2, 0) is 12.8 Å². The Morgan fingerprint density at radius 1 is 1.00 bits per heavy atom. The van der Waals surface area contributed by atoms with E-state index in [1.165, 1.54) is 0 Å². The molecule has 1 N–H and O–H groups in total. The number of halogens is 1. The molecule has 1 aliphatic heterocycles. The molecule has 0 radical (unpaired) electrons. The van der Waals surface area contributed by atoms with Crippen molar-refractivity contribution in [2.45, 2.75) is 98.3 Å². The Hall–Kier alpha value is -2.51. The molecule has 0 saturated carbocycles. The van der Waals surface area contributed by atoms with Gasteiger partial charge in [0.15, 0.2) is 5.69 Å². The minimum absolute atomic E-state index is 0.130. The van der Waals surface area contributed by atoms with Crippen LogP contribution < -0.4 is 9.33 Å². The third-order valence-corrected chi connectivity index (χ3v) is 6.90. The van der Waals surface area contributed by atoms with E-state index in [4.69, 9.17) is 21.4 Å². The Morgan fingerprint density at radius 2 is 1.67 bits per heavy atom. The van der Waals surface area contributed by atoms with Crippen LogP contribution in [0.1, 0.15) is 102 Å². The first-order valence-electron chi connectivity index (χ1n) is 13.5. The van der Waals surface area contributed by atoms with Gasteiger partial charge >= 0.3 is 6.09 Å². The number of aromatic nitrogens is 2. The van der Waals surface area contributed by atoms with Gasteiger partial charge in [-0.25, -0.2) is 4.98 Å². The molecular weight excluding hydrogens is 476 g/mol. The molecule has 1 aromatic carbocycles. The standard InChI is InChI=1S/C28H39ClN4O3/c1-5-9-13-20-19-23-25(22(15-11-7-3)32-33(23,28(34)35)18-12-8-4)21(14-10-6-2)26(20)36-24-16-17-30-27(29)31-24/h16-17,19H,5-15,18H2,1-4H3/p+1. The molecule has 1 atom stereocenters. The van der Waals surface area contributed by atoms with Gasteiger partial charge in [0.2, 0.25) is 11.2 Å². The van der Waals surface area contributed by atoms with Crippen LogP contribution in [0.5, 0.6) is 11.6 Å². The predicted octanol–water partition coefficient (Wildman–Crippen LogP) is 8.30. The summed E-state index contributed by atoms with van der Waals surface area (Å²) in [6, 6.07) is 3.75. The maximum atomic E-state index is 12.9. The fourth-order valence-corrected chi connectivity index (χ4v) is 4.90. The summed E-state index contributed by atoms with van der Waals surface area (Å²) in [6.07, 6.45) is 10.6. The van der Waals surface area contributed by atoms with Gasteiger partial charge in [0.1, 0.15) is 18.0 Å². The predicted molar refractivity (Wildman–Crippen MR) is 146 cm³/mol. The third kappa shape index (κ3) is 6.06. The Kier molecular flexibility index (Phi) is 10.3. The van der Waals surface area contributed by atoms with E-state index in [1.807, 2.05) is 6.07 Å². The van der Waals surface area contributed by atoms with Crippen molar-refractivity contribution in [2.75, 3.05) is 6.54 Å². The zero-order valence-electron chi connectivity index (χ0n) is 22.1. The number of benzene rings is 1. The molecule has 1 unspecified atom stereocenters. The molecule has 0 aliphatic carbocycles. The second-order valence-corrected chi connectivity index (χ2v) is 9.83. The molecule has 0 saturated heterocycles. The summed E-state index contributed by atoms with van der Waals surface area (Å²) in [5, 5.41) is 15.6. The van der Waals surface area contributed by atoms with Gasteiger partial charge in [-0.05, 0) is 56.5 Å². The molecular formula is C28H40ClN4O3+. The summed E-state index contributed by atoms with van der Waals surface area (Å²) in [5.41, 5.74) is 4.67. The fraction of sp³-hybridized carbons (Fsp3) is 0.571. The molecule has 36 heavy (non-hydrogen) atoms. The van der Waals surface area contributed by atoms with Crippen molar-refractivity contribution in [3.63, 3.8) is 0 Å². The Morgan fingerprint density at radius 3 is 2.31 bits per heavy atom. The number of rotatable bonds is 14. The lowest BCUT2D eigenvalue weighted by atomic mass is 9.90. The first-order valence-corrected chi connectivity index (χ1v) is 13.9. The van der Waals surface area contributed by atoms with E-state index >= 15 is 0 Å². The van der Waals surface area contributed by atoms with Gasteiger partial charge in [0.25, 0.3) is 0 Å². The average Bonchev–Trinajstić information content (AvgIpc) is 3.18. The van der Waals surface area contributed by atoms with Crippen molar-refractivity contribution in [3.05, 3.63) is 40.3 Å². The Labute approximate surface area is 220 Å². The van der Waals surface area contributed by atoms with Gasteiger partial charge in [0, 0.05) is 29.5 Å². The number of unbranched alkanes of at least 4 members (excludes halogenated alkanes) is 4. The monoisotopic (exact) mass is 515 g/mol. The third-order valence-electron chi connectivity index (χ3n) is 6.72. The summed E-state index contributed by atoms with van der Waals surface area (Å²) >= 11 is 6.06. The average molecular weight is 516 g/mol. The fourth-order valence-electron chi connectivity index (χ4n) is 4.76. The zero-order chi connectivity index (χ0) is 26.1. The van der Waals surface area contributed by atoms with E-state index in [9.17, 15) is 9.90 Å². The number of hydrogen-bond acceptors (Lipinski definition) is 5. The quantitative estimate of drug-likeness (QED) is 0.202. The van der Waals surface area contributed by atoms with Crippen LogP contribution in [0, 0.1) is 0 Å². The molecule has 1 aliphatic rings. The van der Waals surface area contributed by atoms with Crippen molar-refractivity contribution >= 4 is 29.1 Å². The van der Waals surface area contributed by atoms with E-state index in [-0.39, 0.29) is 9.88 Å². The van der Waals surface area contributed by atoms with Crippen LogP contribution in [0.2, 0.25) is 5.28 Å². The Balaban J connectivity index is 2.31. The topological polar surface area (TPSA) is 84.7 Å². The number of carbonyl (C=O) groups is 1. The van der Waals surface area contributed by atoms with Crippen molar-refractivity contribution in [1.82, 2.24) is 14.6 Å². The number of aryl methyl sites for hydroxylation is 1. The first kappa shape index (κ1) is 28.1. The molecule has 0 fully saturated rings. The van der Waals surface area contributed by atoms with Crippen LogP contribution in [0.4, 0.5) is 10.5 Å². The molecule has 2 heterocycles. The van der Waals surface area contributed by atoms with E-state index in [1.54, 1.807) is 12.3 Å². The summed E-state index contributed by atoms with van der Waals surface area (Å²) in [5.74, 6) is 1.16. The number of ether oxygens (including phenoxy) is 1. The number of fused-ring (bicyclic) bond motifs is 1. The van der Waals surface area contributed by atoms with E-state index in [2.05, 4.69) is 37.7 Å². The maximum Gasteiger partial charge on any atom is 0.546 e. The highest BCUT2D eigenvalue weighted by molar-refractivity contribution is 6.28. The Bertz CT molecular complexity index is 1090. The second kappa shape index (κ2) is 13.2. The van der Waals surface area contributed by atoms with E-state index in [0.717, 1.165) is 104 Å². The smallest absolute Gasteiger partial charge is 0.438 e. The van der Waals surface area contributed by atoms with Gasteiger partial charge in [-0.1, -0.05) is 63.1 Å². The highest BCUT2D eigenvalue weighted by Crippen LogP contribution is 2.46. The van der Waals surface area contributed by atoms with E-state index in [0.29, 0.717) is 12.4 Å². The molecule has 0 bridgehead atoms. The summed E-state index contributed by atoms with van der Waals surface area (Å²) in [4.78, 5) is 21.1. The van der Waals surface area contributed by atoms with Crippen molar-refractivity contribution in [2.24, 2.45) is 5.10 Å². The second-order valence-electron chi connectivity index (χ2n) is 9.49. The summed E-state index contributed by atoms with van der Waals surface area (Å²) in [7, 11) is 0. The summed E-state index contributed by atoms with van der Waals surface area (Å²) in [6.45, 7) is 8.99. The number of hydrogen-bond donors (Lipinski definition) is 1. The lowest BCUT2D eigenvalue weighted by Gasteiger charge is -2.25. The first-order chi connectivity index (χ1) is 17.4. The van der Waals surface area contributed by atoms with Crippen molar-refractivity contribution in [1.29, 1.82) is 0 Å². The maximum absolute atomic E-state index is 12.9. The highest BCUT2D eigenvalue weighted by atomic mass is 35.5. The summed E-state index contributed by atoms with van der Waals surface area (Å²) < 4.78 is 6.08. The van der Waals surface area contributed by atoms with Crippen LogP contribution in [-0.4, -0.2) is 33.4 Å². The molecule has 0 spiro atoms. The normalized spacial score (nSPS) is 16.6. The zero-order valence-corrected chi connectivity index (χ0v) is 22.9. The van der Waals surface area contributed by atoms with Gasteiger partial charge in [-0.15, -0.1) is 0 Å². The van der Waals surface area contributed by atoms with E-state index < -0.39 is 6.09 Å². The van der Waals surface area contributed by atoms with Gasteiger partial charge in [-0.2, -0.15) is 9.78 Å². The van der Waals surface area contributed by atoms with Crippen LogP contribution in [0.15, 0.2) is 23.4 Å². The number of nitrogens with zero attached hydrogens (tertiary/aromatic N) is 4. The molecule has 8 heteroatoms. The minimum Gasteiger partial charge on any atom is -0.438 e. The lowest BCUT2D eigenvalue weighted by Crippen LogP contribution is -2.48. The largest absolute Gasteiger partial charge is 0.546 e. The van der Waals surface area contributed by atoms with Gasteiger partial charge < -0.3 is 9.84 Å². The molecule has 1 aromatic heterocycles. The van der Waals surface area contributed by atoms with Crippen LogP contribution in [0.25, 0.3) is 0 Å². The van der Waals surface area contributed by atoms with Gasteiger partial charge in [-0.3, -0.25) is 0 Å². The molecule has 196 valence electrons. The van der Waals surface area contributed by atoms with Crippen LogP contribution >= 0.6 is 11.6 Å². The number of amides is 1. The number of carboxylic acid groups (broad SMARTS) is 1. The molecule has 3 rings (SSSR count). The molecule has 2 aromatic rings. The SMILES string of the molecule is CCCCC1=N[N+](CCCC)(C(=O)O)c2cc(CCCC)c(Oc3ccnc(Cl)n3)c(CCCC)c21. The van der Waals surface area contributed by atoms with Crippen molar-refractivity contribution < 1.29 is 14.6 Å². The minimum atomic E-state index is -0.921. The van der Waals surface area contributed by atoms with Crippen molar-refractivity contribution in [3.8, 4) is 11.6 Å². The lowest BCUT2D eigenvalue weighted by molar-refractivity contribution is 0.148. The number of quaternary nitrogens is 1.